The highest BCUT2D eigenvalue weighted by Gasteiger charge is 2.28. The lowest BCUT2D eigenvalue weighted by Gasteiger charge is -2.17. The zero-order valence-electron chi connectivity index (χ0n) is 13.9. The zero-order valence-corrected chi connectivity index (χ0v) is 14.7. The van der Waals surface area contributed by atoms with E-state index in [1.54, 1.807) is 24.1 Å². The Kier molecular flexibility index (Phi) is 4.98. The zero-order chi connectivity index (χ0) is 17.9. The molecule has 1 aromatic carbocycles. The summed E-state index contributed by atoms with van der Waals surface area (Å²) >= 11 is 0. The van der Waals surface area contributed by atoms with Crippen molar-refractivity contribution in [3.8, 4) is 0 Å². The summed E-state index contributed by atoms with van der Waals surface area (Å²) in [5.41, 5.74) is 1.29. The number of aromatic nitrogens is 2. The Bertz CT molecular complexity index is 838. The van der Waals surface area contributed by atoms with Crippen LogP contribution < -0.4 is 5.32 Å². The van der Waals surface area contributed by atoms with E-state index in [-0.39, 0.29) is 29.1 Å². The molecule has 132 valence electrons. The van der Waals surface area contributed by atoms with Crippen LogP contribution in [0.15, 0.2) is 42.5 Å². The number of anilines is 1. The maximum absolute atomic E-state index is 12.4. The molecule has 0 spiro atoms. The fraction of sp³-hybridized carbons (Fsp3) is 0.353. The molecule has 3 rings (SSSR count). The minimum absolute atomic E-state index is 0.106. The first-order chi connectivity index (χ1) is 11.9. The highest BCUT2D eigenvalue weighted by atomic mass is 32.2. The molecule has 1 aliphatic rings. The molecular formula is C17H20N4O3S. The van der Waals surface area contributed by atoms with E-state index in [0.717, 1.165) is 5.56 Å². The lowest BCUT2D eigenvalue weighted by atomic mass is 10.2. The summed E-state index contributed by atoms with van der Waals surface area (Å²) < 4.78 is 22.9. The molecule has 0 aliphatic carbocycles. The number of benzene rings is 1. The highest BCUT2D eigenvalue weighted by Crippen LogP contribution is 2.16. The third kappa shape index (κ3) is 4.54. The van der Waals surface area contributed by atoms with E-state index in [9.17, 15) is 13.2 Å². The van der Waals surface area contributed by atoms with Crippen LogP contribution in [0.1, 0.15) is 22.5 Å². The number of hydrogen-bond acceptors (Lipinski definition) is 6. The van der Waals surface area contributed by atoms with Crippen LogP contribution in [-0.2, 0) is 16.4 Å². The predicted molar refractivity (Wildman–Crippen MR) is 95.0 cm³/mol. The molecule has 1 N–H and O–H groups in total. The fourth-order valence-corrected chi connectivity index (χ4v) is 4.44. The Morgan fingerprint density at radius 2 is 1.96 bits per heavy atom. The van der Waals surface area contributed by atoms with Gasteiger partial charge < -0.3 is 10.2 Å². The van der Waals surface area contributed by atoms with Crippen LogP contribution in [0.5, 0.6) is 0 Å². The largest absolute Gasteiger partial charge is 0.365 e. The van der Waals surface area contributed by atoms with E-state index in [4.69, 9.17) is 0 Å². The van der Waals surface area contributed by atoms with Gasteiger partial charge >= 0.3 is 0 Å². The molecule has 0 saturated carbocycles. The standard InChI is InChI=1S/C17H20N4O3S/c1-21(11-13-5-3-2-4-6-13)17(22)15-7-8-16(20-19-15)18-14-9-10-25(23,24)12-14/h2-8,14H,9-12H2,1H3,(H,18,20). The van der Waals surface area contributed by atoms with Gasteiger partial charge in [-0.1, -0.05) is 30.3 Å². The lowest BCUT2D eigenvalue weighted by molar-refractivity contribution is 0.0778. The molecule has 2 aromatic rings. The van der Waals surface area contributed by atoms with Crippen molar-refractivity contribution in [2.75, 3.05) is 23.9 Å². The van der Waals surface area contributed by atoms with Gasteiger partial charge in [-0.15, -0.1) is 10.2 Å². The van der Waals surface area contributed by atoms with E-state index in [2.05, 4.69) is 15.5 Å². The summed E-state index contributed by atoms with van der Waals surface area (Å²) in [7, 11) is -1.23. The lowest BCUT2D eigenvalue weighted by Crippen LogP contribution is -2.27. The number of amides is 1. The van der Waals surface area contributed by atoms with Gasteiger partial charge in [-0.2, -0.15) is 0 Å². The molecule has 25 heavy (non-hydrogen) atoms. The normalized spacial score (nSPS) is 18.7. The molecule has 1 fully saturated rings. The molecule has 0 radical (unpaired) electrons. The van der Waals surface area contributed by atoms with E-state index >= 15 is 0 Å². The molecule has 8 heteroatoms. The number of carbonyl (C=O) groups is 1. The van der Waals surface area contributed by atoms with E-state index in [0.29, 0.717) is 18.8 Å². The monoisotopic (exact) mass is 360 g/mol. The number of sulfone groups is 1. The first-order valence-electron chi connectivity index (χ1n) is 8.03. The van der Waals surface area contributed by atoms with Crippen LogP contribution in [-0.4, -0.2) is 54.0 Å². The smallest absolute Gasteiger partial charge is 0.274 e. The summed E-state index contributed by atoms with van der Waals surface area (Å²) in [6, 6.07) is 12.8. The average molecular weight is 360 g/mol. The Hall–Kier alpha value is -2.48. The van der Waals surface area contributed by atoms with E-state index in [1.807, 2.05) is 30.3 Å². The molecule has 0 bridgehead atoms. The van der Waals surface area contributed by atoms with Gasteiger partial charge in [-0.3, -0.25) is 4.79 Å². The maximum Gasteiger partial charge on any atom is 0.274 e. The predicted octanol–water partition coefficient (Wildman–Crippen LogP) is 1.35. The summed E-state index contributed by atoms with van der Waals surface area (Å²) in [5.74, 6) is 0.560. The molecular weight excluding hydrogens is 340 g/mol. The summed E-state index contributed by atoms with van der Waals surface area (Å²) in [4.78, 5) is 14.0. The van der Waals surface area contributed by atoms with Gasteiger partial charge in [0, 0.05) is 19.6 Å². The number of carbonyl (C=O) groups excluding carboxylic acids is 1. The quantitative estimate of drug-likeness (QED) is 0.865. The Labute approximate surface area is 147 Å². The van der Waals surface area contributed by atoms with Crippen LogP contribution in [0.3, 0.4) is 0 Å². The molecule has 1 unspecified atom stereocenters. The van der Waals surface area contributed by atoms with Crippen molar-refractivity contribution >= 4 is 21.6 Å². The number of hydrogen-bond donors (Lipinski definition) is 1. The maximum atomic E-state index is 12.4. The van der Waals surface area contributed by atoms with Crippen molar-refractivity contribution < 1.29 is 13.2 Å². The van der Waals surface area contributed by atoms with Gasteiger partial charge in [0.05, 0.1) is 11.5 Å². The fourth-order valence-electron chi connectivity index (χ4n) is 2.77. The molecule has 1 amide bonds. The highest BCUT2D eigenvalue weighted by molar-refractivity contribution is 7.91. The number of nitrogens with zero attached hydrogens (tertiary/aromatic N) is 3. The molecule has 1 aromatic heterocycles. The summed E-state index contributed by atoms with van der Waals surface area (Å²) in [5, 5.41) is 11.0. The molecule has 7 nitrogen and oxygen atoms in total. The van der Waals surface area contributed by atoms with Gasteiger partial charge in [0.1, 0.15) is 5.82 Å². The second kappa shape index (κ2) is 7.18. The van der Waals surface area contributed by atoms with Gasteiger partial charge in [0.15, 0.2) is 15.5 Å². The molecule has 2 heterocycles. The van der Waals surface area contributed by atoms with E-state index in [1.165, 1.54) is 0 Å². The first-order valence-corrected chi connectivity index (χ1v) is 9.85. The number of rotatable bonds is 5. The van der Waals surface area contributed by atoms with Gasteiger partial charge in [0.2, 0.25) is 0 Å². The van der Waals surface area contributed by atoms with E-state index < -0.39 is 9.84 Å². The van der Waals surface area contributed by atoms with Crippen molar-refractivity contribution in [1.29, 1.82) is 0 Å². The van der Waals surface area contributed by atoms with Gasteiger partial charge in [0.25, 0.3) is 5.91 Å². The third-order valence-electron chi connectivity index (χ3n) is 4.08. The minimum Gasteiger partial charge on any atom is -0.365 e. The minimum atomic E-state index is -2.95. The third-order valence-corrected chi connectivity index (χ3v) is 5.85. The van der Waals surface area contributed by atoms with Crippen molar-refractivity contribution in [3.05, 3.63) is 53.7 Å². The Morgan fingerprint density at radius 1 is 1.20 bits per heavy atom. The van der Waals surface area contributed by atoms with Crippen LogP contribution in [0, 0.1) is 0 Å². The van der Waals surface area contributed by atoms with Crippen molar-refractivity contribution in [3.63, 3.8) is 0 Å². The van der Waals surface area contributed by atoms with Crippen molar-refractivity contribution in [2.45, 2.75) is 19.0 Å². The molecule has 1 aliphatic heterocycles. The summed E-state index contributed by atoms with van der Waals surface area (Å²) in [6.07, 6.45) is 0.560. The molecule has 1 saturated heterocycles. The van der Waals surface area contributed by atoms with Gasteiger partial charge in [-0.25, -0.2) is 8.42 Å². The SMILES string of the molecule is CN(Cc1ccccc1)C(=O)c1ccc(NC2CCS(=O)(=O)C2)nn1. The topological polar surface area (TPSA) is 92.3 Å². The van der Waals surface area contributed by atoms with Crippen molar-refractivity contribution in [1.82, 2.24) is 15.1 Å². The Morgan fingerprint density at radius 3 is 2.56 bits per heavy atom. The van der Waals surface area contributed by atoms with Crippen LogP contribution >= 0.6 is 0 Å². The average Bonchev–Trinajstić information content (AvgIpc) is 2.94. The number of nitrogens with one attached hydrogen (secondary N) is 1. The second-order valence-electron chi connectivity index (χ2n) is 6.19. The van der Waals surface area contributed by atoms with Crippen LogP contribution in [0.4, 0.5) is 5.82 Å². The second-order valence-corrected chi connectivity index (χ2v) is 8.42. The molecule has 1 atom stereocenters. The van der Waals surface area contributed by atoms with Crippen molar-refractivity contribution in [2.24, 2.45) is 0 Å². The Balaban J connectivity index is 1.60. The van der Waals surface area contributed by atoms with Gasteiger partial charge in [-0.05, 0) is 24.1 Å². The summed E-state index contributed by atoms with van der Waals surface area (Å²) in [6.45, 7) is 0.487. The first kappa shape index (κ1) is 17.3. The van der Waals surface area contributed by atoms with Crippen LogP contribution in [0.25, 0.3) is 0 Å². The van der Waals surface area contributed by atoms with Crippen LogP contribution in [0.2, 0.25) is 0 Å².